The maximum atomic E-state index is 11.2. The van der Waals surface area contributed by atoms with Crippen LogP contribution in [0.4, 0.5) is 0 Å². The molecule has 0 N–H and O–H groups in total. The van der Waals surface area contributed by atoms with E-state index in [4.69, 9.17) is 5.26 Å². The van der Waals surface area contributed by atoms with Crippen molar-refractivity contribution < 1.29 is 4.79 Å². The van der Waals surface area contributed by atoms with Crippen LogP contribution < -0.4 is 0 Å². The van der Waals surface area contributed by atoms with Crippen LogP contribution in [-0.2, 0) is 4.79 Å². The van der Waals surface area contributed by atoms with Crippen LogP contribution in [0.15, 0.2) is 17.3 Å². The highest BCUT2D eigenvalue weighted by atomic mass is 32.1. The predicted molar refractivity (Wildman–Crippen MR) is 51.0 cm³/mol. The van der Waals surface area contributed by atoms with Gasteiger partial charge in [0.25, 0.3) is 0 Å². The Morgan fingerprint density at radius 2 is 2.62 bits per heavy atom. The van der Waals surface area contributed by atoms with E-state index in [9.17, 15) is 4.79 Å². The van der Waals surface area contributed by atoms with E-state index in [0.717, 1.165) is 4.88 Å². The molecule has 0 aliphatic carbocycles. The maximum absolute atomic E-state index is 11.2. The Hall–Kier alpha value is -1.47. The molecule has 1 aromatic rings. The van der Waals surface area contributed by atoms with Gasteiger partial charge in [-0.15, -0.1) is 11.3 Å². The second-order valence-corrected chi connectivity index (χ2v) is 3.27. The average Bonchev–Trinajstić information content (AvgIpc) is 2.65. The Labute approximate surface area is 80.3 Å². The molecule has 1 rings (SSSR count). The van der Waals surface area contributed by atoms with Gasteiger partial charge in [-0.2, -0.15) is 5.26 Å². The molecule has 0 aliphatic rings. The van der Waals surface area contributed by atoms with E-state index >= 15 is 0 Å². The average molecular weight is 192 g/mol. The third-order valence-corrected chi connectivity index (χ3v) is 2.20. The van der Waals surface area contributed by atoms with Crippen molar-refractivity contribution >= 4 is 23.2 Å². The van der Waals surface area contributed by atoms with Gasteiger partial charge in [-0.1, -0.05) is 6.92 Å². The summed E-state index contributed by atoms with van der Waals surface area (Å²) >= 11 is 1.40. The number of hydrogen-bond acceptors (Lipinski definition) is 4. The first-order valence-corrected chi connectivity index (χ1v) is 4.69. The fourth-order valence-electron chi connectivity index (χ4n) is 0.805. The van der Waals surface area contributed by atoms with Gasteiger partial charge in [0.15, 0.2) is 5.78 Å². The number of Topliss-reactive ketones (excluding diaryl/α,β-unsaturated/α-hetero) is 1. The summed E-state index contributed by atoms with van der Waals surface area (Å²) in [6, 6.07) is 1.88. The summed E-state index contributed by atoms with van der Waals surface area (Å²) in [6.07, 6.45) is 3.56. The molecule has 0 bridgehead atoms. The summed E-state index contributed by atoms with van der Waals surface area (Å²) in [7, 11) is 0. The number of ketones is 1. The molecule has 0 fully saturated rings. The lowest BCUT2D eigenvalue weighted by atomic mass is 10.1. The van der Waals surface area contributed by atoms with Gasteiger partial charge in [-0.3, -0.25) is 9.78 Å². The molecule has 0 radical (unpaired) electrons. The van der Waals surface area contributed by atoms with Crippen molar-refractivity contribution in [1.82, 2.24) is 4.98 Å². The maximum Gasteiger partial charge on any atom is 0.173 e. The van der Waals surface area contributed by atoms with Gasteiger partial charge in [0.2, 0.25) is 0 Å². The monoisotopic (exact) mass is 192 g/mol. The number of hydrogen-bond donors (Lipinski definition) is 0. The van der Waals surface area contributed by atoms with Crippen molar-refractivity contribution in [3.63, 3.8) is 0 Å². The molecule has 0 aromatic carbocycles. The molecular weight excluding hydrogens is 184 g/mol. The van der Waals surface area contributed by atoms with Gasteiger partial charge in [-0.05, 0) is 6.08 Å². The van der Waals surface area contributed by atoms with Crippen molar-refractivity contribution in [2.45, 2.75) is 13.3 Å². The number of nitriles is 1. The van der Waals surface area contributed by atoms with Gasteiger partial charge >= 0.3 is 0 Å². The second-order valence-electron chi connectivity index (χ2n) is 2.35. The summed E-state index contributed by atoms with van der Waals surface area (Å²) < 4.78 is 0. The van der Waals surface area contributed by atoms with Crippen LogP contribution >= 0.6 is 11.3 Å². The molecule has 3 nitrogen and oxygen atoms in total. The standard InChI is InChI=1S/C9H8N2OS/c1-2-9(12)7(4-10)3-8-5-11-6-13-8/h3,5-6H,2H2,1H3/b7-3+. The van der Waals surface area contributed by atoms with Gasteiger partial charge in [-0.25, -0.2) is 0 Å². The lowest BCUT2D eigenvalue weighted by Gasteiger charge is -1.91. The summed E-state index contributed by atoms with van der Waals surface area (Å²) in [4.78, 5) is 15.8. The number of nitrogens with zero attached hydrogens (tertiary/aromatic N) is 2. The fraction of sp³-hybridized carbons (Fsp3) is 0.222. The topological polar surface area (TPSA) is 53.8 Å². The van der Waals surface area contributed by atoms with Crippen molar-refractivity contribution in [3.8, 4) is 6.07 Å². The van der Waals surface area contributed by atoms with Crippen LogP contribution in [0.5, 0.6) is 0 Å². The molecule has 4 heteroatoms. The van der Waals surface area contributed by atoms with E-state index in [0.29, 0.717) is 6.42 Å². The SMILES string of the molecule is CCC(=O)/C(C#N)=C/c1cncs1. The summed E-state index contributed by atoms with van der Waals surface area (Å²) in [5.74, 6) is -0.129. The predicted octanol–water partition coefficient (Wildman–Crippen LogP) is 2.03. The molecular formula is C9H8N2OS. The Balaban J connectivity index is 2.91. The van der Waals surface area contributed by atoms with Crippen LogP contribution in [0.1, 0.15) is 18.2 Å². The largest absolute Gasteiger partial charge is 0.293 e. The lowest BCUT2D eigenvalue weighted by Crippen LogP contribution is -1.97. The highest BCUT2D eigenvalue weighted by molar-refractivity contribution is 7.10. The Morgan fingerprint density at radius 3 is 3.08 bits per heavy atom. The molecule has 0 aliphatic heterocycles. The van der Waals surface area contributed by atoms with Crippen molar-refractivity contribution in [1.29, 1.82) is 5.26 Å². The van der Waals surface area contributed by atoms with E-state index in [1.165, 1.54) is 11.3 Å². The van der Waals surface area contributed by atoms with Crippen LogP contribution in [-0.4, -0.2) is 10.8 Å². The van der Waals surface area contributed by atoms with Crippen LogP contribution in [0.3, 0.4) is 0 Å². The van der Waals surface area contributed by atoms with E-state index in [-0.39, 0.29) is 11.4 Å². The third kappa shape index (κ3) is 2.49. The van der Waals surface area contributed by atoms with E-state index in [2.05, 4.69) is 4.98 Å². The number of carbonyl (C=O) groups excluding carboxylic acids is 1. The van der Waals surface area contributed by atoms with Crippen molar-refractivity contribution in [2.75, 3.05) is 0 Å². The number of rotatable bonds is 3. The quantitative estimate of drug-likeness (QED) is 0.544. The number of aromatic nitrogens is 1. The van der Waals surface area contributed by atoms with Gasteiger partial charge in [0, 0.05) is 17.5 Å². The zero-order valence-electron chi connectivity index (χ0n) is 7.15. The van der Waals surface area contributed by atoms with Crippen molar-refractivity contribution in [2.24, 2.45) is 0 Å². The first-order chi connectivity index (χ1) is 6.27. The number of carbonyl (C=O) groups is 1. The van der Waals surface area contributed by atoms with Gasteiger partial charge in [0.1, 0.15) is 6.07 Å². The molecule has 0 unspecified atom stereocenters. The Morgan fingerprint density at radius 1 is 1.85 bits per heavy atom. The highest BCUT2D eigenvalue weighted by Gasteiger charge is 2.05. The number of thiazole rings is 1. The van der Waals surface area contributed by atoms with E-state index < -0.39 is 0 Å². The molecule has 0 saturated carbocycles. The normalized spacial score (nSPS) is 10.9. The van der Waals surface area contributed by atoms with Crippen molar-refractivity contribution in [3.05, 3.63) is 22.2 Å². The second kappa shape index (κ2) is 4.53. The molecule has 13 heavy (non-hydrogen) atoms. The van der Waals surface area contributed by atoms with Crippen LogP contribution in [0, 0.1) is 11.3 Å². The molecule has 1 aromatic heterocycles. The molecule has 0 atom stereocenters. The minimum atomic E-state index is -0.129. The number of allylic oxidation sites excluding steroid dienone is 1. The van der Waals surface area contributed by atoms with E-state index in [1.807, 2.05) is 6.07 Å². The third-order valence-electron chi connectivity index (χ3n) is 1.48. The first-order valence-electron chi connectivity index (χ1n) is 3.81. The minimum Gasteiger partial charge on any atom is -0.293 e. The summed E-state index contributed by atoms with van der Waals surface area (Å²) in [5.41, 5.74) is 1.86. The summed E-state index contributed by atoms with van der Waals surface area (Å²) in [5, 5.41) is 8.67. The smallest absolute Gasteiger partial charge is 0.173 e. The molecule has 66 valence electrons. The molecule has 0 spiro atoms. The molecule has 0 saturated heterocycles. The lowest BCUT2D eigenvalue weighted by molar-refractivity contribution is -0.114. The summed E-state index contributed by atoms with van der Waals surface area (Å²) in [6.45, 7) is 1.74. The molecule has 0 amide bonds. The van der Waals surface area contributed by atoms with Crippen LogP contribution in [0.25, 0.3) is 6.08 Å². The zero-order chi connectivity index (χ0) is 9.68. The fourth-order valence-corrected chi connectivity index (χ4v) is 1.36. The van der Waals surface area contributed by atoms with E-state index in [1.54, 1.807) is 24.7 Å². The Bertz CT molecular complexity index is 359. The van der Waals surface area contributed by atoms with Crippen LogP contribution in [0.2, 0.25) is 0 Å². The zero-order valence-corrected chi connectivity index (χ0v) is 7.97. The van der Waals surface area contributed by atoms with Gasteiger partial charge < -0.3 is 0 Å². The molecule has 1 heterocycles. The Kier molecular flexibility index (Phi) is 3.35. The first kappa shape index (κ1) is 9.62. The van der Waals surface area contributed by atoms with Gasteiger partial charge in [0.05, 0.1) is 11.1 Å². The minimum absolute atomic E-state index is 0.129. The highest BCUT2D eigenvalue weighted by Crippen LogP contribution is 2.12.